The van der Waals surface area contributed by atoms with Gasteiger partial charge in [0, 0.05) is 75.6 Å². The van der Waals surface area contributed by atoms with Crippen LogP contribution in [0.15, 0.2) is 54.6 Å². The molecule has 0 saturated carbocycles. The fourth-order valence-electron chi connectivity index (χ4n) is 5.92. The number of aromatic hydroxyl groups is 3. The first kappa shape index (κ1) is 34.8. The first-order valence-electron chi connectivity index (χ1n) is 16.5. The van der Waals surface area contributed by atoms with Gasteiger partial charge in [-0.05, 0) is 51.1 Å². The molecule has 0 spiro atoms. The van der Waals surface area contributed by atoms with Gasteiger partial charge >= 0.3 is 0 Å². The fraction of sp³-hybridized carbons (Fsp3) is 0.538. The van der Waals surface area contributed by atoms with E-state index in [9.17, 15) is 15.3 Å². The number of hydrogen-bond donors (Lipinski definition) is 3. The van der Waals surface area contributed by atoms with Crippen molar-refractivity contribution in [2.75, 3.05) is 39.3 Å². The third-order valence-corrected chi connectivity index (χ3v) is 9.22. The van der Waals surface area contributed by atoms with Crippen molar-refractivity contribution in [1.29, 1.82) is 0 Å². The van der Waals surface area contributed by atoms with Gasteiger partial charge in [-0.3, -0.25) is 14.7 Å². The first-order valence-corrected chi connectivity index (χ1v) is 16.5. The highest BCUT2D eigenvalue weighted by Gasteiger charge is 2.23. The third kappa shape index (κ3) is 9.48. The van der Waals surface area contributed by atoms with Crippen LogP contribution in [-0.4, -0.2) is 69.3 Å². The van der Waals surface area contributed by atoms with Crippen molar-refractivity contribution in [3.8, 4) is 17.2 Å². The smallest absolute Gasteiger partial charge is 0.120 e. The number of phenolic OH excluding ortho intramolecular Hbond substituents is 3. The molecular weight excluding hydrogens is 558 g/mol. The minimum Gasteiger partial charge on any atom is -0.508 e. The lowest BCUT2D eigenvalue weighted by Crippen LogP contribution is -2.35. The maximum Gasteiger partial charge on any atom is 0.120 e. The van der Waals surface area contributed by atoms with Crippen LogP contribution in [0, 0.1) is 0 Å². The molecule has 1 fully saturated rings. The van der Waals surface area contributed by atoms with Crippen molar-refractivity contribution >= 4 is 0 Å². The Kier molecular flexibility index (Phi) is 10.6. The molecule has 0 amide bonds. The van der Waals surface area contributed by atoms with Crippen LogP contribution in [0.1, 0.15) is 95.7 Å². The molecule has 0 radical (unpaired) electrons. The summed E-state index contributed by atoms with van der Waals surface area (Å²) >= 11 is 0. The second-order valence-corrected chi connectivity index (χ2v) is 16.1. The summed E-state index contributed by atoms with van der Waals surface area (Å²) in [4.78, 5) is 7.30. The summed E-state index contributed by atoms with van der Waals surface area (Å²) in [6.45, 7) is 26.9. The van der Waals surface area contributed by atoms with Crippen molar-refractivity contribution < 1.29 is 15.3 Å². The Labute approximate surface area is 272 Å². The summed E-state index contributed by atoms with van der Waals surface area (Å²) in [5.41, 5.74) is 6.48. The molecule has 0 aromatic heterocycles. The molecule has 246 valence electrons. The summed E-state index contributed by atoms with van der Waals surface area (Å²) in [7, 11) is 0. The van der Waals surface area contributed by atoms with Crippen molar-refractivity contribution in [2.24, 2.45) is 0 Å². The molecule has 0 unspecified atom stereocenters. The summed E-state index contributed by atoms with van der Waals surface area (Å²) in [6, 6.07) is 18.0. The van der Waals surface area contributed by atoms with Gasteiger partial charge in [0.25, 0.3) is 0 Å². The summed E-state index contributed by atoms with van der Waals surface area (Å²) in [6.07, 6.45) is 0. The van der Waals surface area contributed by atoms with Gasteiger partial charge in [-0.2, -0.15) is 0 Å². The second-order valence-electron chi connectivity index (χ2n) is 16.1. The van der Waals surface area contributed by atoms with E-state index in [0.717, 1.165) is 56.0 Å². The maximum absolute atomic E-state index is 10.8. The standard InChI is InChI=1S/C39H57N3O3/c1-37(2,3)31-10-13-34(43)28(22-31)25-40-16-18-41(26-29-23-32(38(4,5)6)11-14-35(29)44)20-21-42(19-17-40)27-30-24-33(39(7,8)9)12-15-36(30)45/h10-15,22-24,43-45H,16-21,25-27H2,1-9H3. The Morgan fingerprint density at radius 2 is 0.644 bits per heavy atom. The Bertz CT molecular complexity index is 1260. The van der Waals surface area contributed by atoms with Crippen LogP contribution in [0.2, 0.25) is 0 Å². The molecule has 1 aliphatic heterocycles. The Morgan fingerprint density at radius 3 is 0.844 bits per heavy atom. The van der Waals surface area contributed by atoms with E-state index in [1.165, 1.54) is 16.7 Å². The van der Waals surface area contributed by atoms with E-state index < -0.39 is 0 Å². The van der Waals surface area contributed by atoms with Gasteiger partial charge in [-0.1, -0.05) is 98.7 Å². The number of hydrogen-bond acceptors (Lipinski definition) is 6. The van der Waals surface area contributed by atoms with Crippen LogP contribution in [0.4, 0.5) is 0 Å². The van der Waals surface area contributed by atoms with Gasteiger partial charge in [0.1, 0.15) is 17.2 Å². The lowest BCUT2D eigenvalue weighted by atomic mass is 9.86. The molecule has 0 bridgehead atoms. The lowest BCUT2D eigenvalue weighted by Gasteiger charge is -2.28. The number of benzene rings is 3. The number of rotatable bonds is 6. The zero-order valence-corrected chi connectivity index (χ0v) is 29.2. The van der Waals surface area contributed by atoms with E-state index in [0.29, 0.717) is 36.9 Å². The van der Waals surface area contributed by atoms with E-state index in [-0.39, 0.29) is 16.2 Å². The zero-order chi connectivity index (χ0) is 33.2. The van der Waals surface area contributed by atoms with E-state index in [2.05, 4.69) is 95.2 Å². The summed E-state index contributed by atoms with van der Waals surface area (Å²) < 4.78 is 0. The van der Waals surface area contributed by atoms with Gasteiger partial charge in [0.15, 0.2) is 0 Å². The minimum absolute atomic E-state index is 0.00299. The minimum atomic E-state index is -0.00299. The molecule has 0 atom stereocenters. The first-order chi connectivity index (χ1) is 20.9. The van der Waals surface area contributed by atoms with Crippen LogP contribution in [-0.2, 0) is 35.9 Å². The van der Waals surface area contributed by atoms with Crippen LogP contribution in [0.3, 0.4) is 0 Å². The second kappa shape index (κ2) is 13.7. The topological polar surface area (TPSA) is 70.4 Å². The van der Waals surface area contributed by atoms with Gasteiger partial charge in [-0.15, -0.1) is 0 Å². The molecule has 4 rings (SSSR count). The molecule has 6 heteroatoms. The molecule has 1 saturated heterocycles. The molecule has 1 heterocycles. The van der Waals surface area contributed by atoms with Crippen molar-refractivity contribution in [2.45, 2.75) is 98.2 Å². The fourth-order valence-corrected chi connectivity index (χ4v) is 5.92. The Morgan fingerprint density at radius 1 is 0.422 bits per heavy atom. The molecule has 0 aliphatic carbocycles. The number of nitrogens with zero attached hydrogens (tertiary/aromatic N) is 3. The van der Waals surface area contributed by atoms with Crippen molar-refractivity contribution in [3.63, 3.8) is 0 Å². The van der Waals surface area contributed by atoms with Gasteiger partial charge < -0.3 is 15.3 Å². The normalized spacial score (nSPS) is 16.7. The maximum atomic E-state index is 10.8. The summed E-state index contributed by atoms with van der Waals surface area (Å²) in [5, 5.41) is 32.5. The van der Waals surface area contributed by atoms with Crippen LogP contribution >= 0.6 is 0 Å². The van der Waals surface area contributed by atoms with Crippen LogP contribution in [0.25, 0.3) is 0 Å². The van der Waals surface area contributed by atoms with Gasteiger partial charge in [0.2, 0.25) is 0 Å². The van der Waals surface area contributed by atoms with Crippen molar-refractivity contribution in [1.82, 2.24) is 14.7 Å². The molecule has 1 aliphatic rings. The van der Waals surface area contributed by atoms with E-state index in [1.807, 2.05) is 36.4 Å². The molecule has 3 aromatic rings. The van der Waals surface area contributed by atoms with E-state index >= 15 is 0 Å². The molecular formula is C39H57N3O3. The highest BCUT2D eigenvalue weighted by atomic mass is 16.3. The molecule has 6 nitrogen and oxygen atoms in total. The molecule has 3 aromatic carbocycles. The van der Waals surface area contributed by atoms with Crippen LogP contribution in [0.5, 0.6) is 17.2 Å². The quantitative estimate of drug-likeness (QED) is 0.267. The molecule has 45 heavy (non-hydrogen) atoms. The zero-order valence-electron chi connectivity index (χ0n) is 29.2. The van der Waals surface area contributed by atoms with Crippen LogP contribution < -0.4 is 0 Å². The monoisotopic (exact) mass is 615 g/mol. The van der Waals surface area contributed by atoms with E-state index in [4.69, 9.17) is 0 Å². The number of phenols is 3. The largest absolute Gasteiger partial charge is 0.508 e. The average molecular weight is 616 g/mol. The third-order valence-electron chi connectivity index (χ3n) is 9.22. The predicted octanol–water partition coefficient (Wildman–Crippen LogP) is 7.52. The van der Waals surface area contributed by atoms with Gasteiger partial charge in [-0.25, -0.2) is 0 Å². The predicted molar refractivity (Wildman–Crippen MR) is 186 cm³/mol. The highest BCUT2D eigenvalue weighted by Crippen LogP contribution is 2.31. The van der Waals surface area contributed by atoms with Crippen molar-refractivity contribution in [3.05, 3.63) is 88.0 Å². The van der Waals surface area contributed by atoms with Gasteiger partial charge in [0.05, 0.1) is 0 Å². The average Bonchev–Trinajstić information content (AvgIpc) is 3.02. The summed E-state index contributed by atoms with van der Waals surface area (Å²) in [5.74, 6) is 1.01. The Balaban J connectivity index is 1.62. The highest BCUT2D eigenvalue weighted by molar-refractivity contribution is 5.40. The molecule has 3 N–H and O–H groups in total. The SMILES string of the molecule is CC(C)(C)c1ccc(O)c(CN2CCN(Cc3cc(C(C)(C)C)ccc3O)CCN(Cc3cc(C(C)(C)C)ccc3O)CC2)c1. The Hall–Kier alpha value is -3.06. The van der Waals surface area contributed by atoms with E-state index in [1.54, 1.807) is 0 Å². The lowest BCUT2D eigenvalue weighted by molar-refractivity contribution is 0.207.